The second-order valence-electron chi connectivity index (χ2n) is 2.31. The molecule has 0 aromatic carbocycles. The molecule has 0 aliphatic carbocycles. The van der Waals surface area contributed by atoms with Crippen LogP contribution in [0.2, 0.25) is 0 Å². The molecule has 0 saturated heterocycles. The molecule has 0 aliphatic rings. The Morgan fingerprint density at radius 2 is 1.92 bits per heavy atom. The summed E-state index contributed by atoms with van der Waals surface area (Å²) in [5.74, 6) is -0.516. The molecule has 0 bridgehead atoms. The maximum atomic E-state index is 10.4. The lowest BCUT2D eigenvalue weighted by atomic mass is 10.2. The van der Waals surface area contributed by atoms with E-state index in [1.807, 2.05) is 0 Å². The van der Waals surface area contributed by atoms with Crippen LogP contribution in [0.3, 0.4) is 0 Å². The zero-order valence-electron chi connectivity index (χ0n) is 6.73. The quantitative estimate of drug-likeness (QED) is 0.698. The van der Waals surface area contributed by atoms with Crippen molar-refractivity contribution in [2.24, 2.45) is 5.92 Å². The van der Waals surface area contributed by atoms with Crippen LogP contribution in [0.4, 0.5) is 0 Å². The van der Waals surface area contributed by atoms with Gasteiger partial charge in [-0.25, -0.2) is 0 Å². The molecule has 0 fully saturated rings. The van der Waals surface area contributed by atoms with Crippen LogP contribution in [0.1, 0.15) is 13.8 Å². The van der Waals surface area contributed by atoms with Gasteiger partial charge in [0.2, 0.25) is 0 Å². The molecule has 12 heavy (non-hydrogen) atoms. The molecule has 0 radical (unpaired) electrons. The summed E-state index contributed by atoms with van der Waals surface area (Å²) < 4.78 is 4.71. The molecule has 1 unspecified atom stereocenters. The molecular formula is C7H9Cl3O2. The van der Waals surface area contributed by atoms with Crippen LogP contribution in [0.25, 0.3) is 0 Å². The van der Waals surface area contributed by atoms with E-state index in [0.717, 1.165) is 0 Å². The second-order valence-corrected chi connectivity index (χ2v) is 3.67. The van der Waals surface area contributed by atoms with Crippen molar-refractivity contribution in [1.82, 2.24) is 0 Å². The highest BCUT2D eigenvalue weighted by Crippen LogP contribution is 2.25. The van der Waals surface area contributed by atoms with Crippen molar-refractivity contribution < 1.29 is 9.53 Å². The van der Waals surface area contributed by atoms with Gasteiger partial charge in [-0.2, -0.15) is 0 Å². The van der Waals surface area contributed by atoms with Crippen molar-refractivity contribution >= 4 is 40.8 Å². The zero-order chi connectivity index (χ0) is 9.72. The summed E-state index contributed by atoms with van der Waals surface area (Å²) in [5, 5.41) is 0.305. The number of rotatable bonds is 3. The van der Waals surface area contributed by atoms with E-state index in [2.05, 4.69) is 0 Å². The predicted molar refractivity (Wildman–Crippen MR) is 50.4 cm³/mol. The molecule has 0 spiro atoms. The van der Waals surface area contributed by atoms with E-state index < -0.39 is 0 Å². The summed E-state index contributed by atoms with van der Waals surface area (Å²) in [4.78, 5) is 10.4. The van der Waals surface area contributed by atoms with Gasteiger partial charge in [0.25, 0.3) is 0 Å². The Kier molecular flexibility index (Phi) is 5.72. The zero-order valence-corrected chi connectivity index (χ0v) is 9.00. The Hall–Kier alpha value is 0.0800. The van der Waals surface area contributed by atoms with Crippen molar-refractivity contribution in [3.63, 3.8) is 0 Å². The highest BCUT2D eigenvalue weighted by molar-refractivity contribution is 6.59. The molecule has 2 nitrogen and oxygen atoms in total. The second kappa shape index (κ2) is 5.68. The molecule has 0 rings (SSSR count). The minimum absolute atomic E-state index is 0.0105. The summed E-state index contributed by atoms with van der Waals surface area (Å²) in [6, 6.07) is 0. The van der Waals surface area contributed by atoms with Gasteiger partial charge in [0.1, 0.15) is 4.49 Å². The number of hydrogen-bond acceptors (Lipinski definition) is 2. The lowest BCUT2D eigenvalue weighted by molar-refractivity contribution is -0.141. The number of esters is 1. The fraction of sp³-hybridized carbons (Fsp3) is 0.571. The summed E-state index contributed by atoms with van der Waals surface area (Å²) in [6.45, 7) is 3.28. The minimum Gasteiger partial charge on any atom is -0.465 e. The van der Waals surface area contributed by atoms with Crippen LogP contribution < -0.4 is 0 Å². The normalized spacial score (nSPS) is 12.1. The standard InChI is InChI=1S/C7H9Cl3O2/c1-4(3-12-5(2)11)6(8)7(9)10/h4H,3H2,1-2H3. The molecule has 0 saturated carbocycles. The molecule has 1 atom stereocenters. The first kappa shape index (κ1) is 12.1. The van der Waals surface area contributed by atoms with E-state index in [0.29, 0.717) is 5.03 Å². The minimum atomic E-state index is -0.350. The number of carbonyl (C=O) groups is 1. The lowest BCUT2D eigenvalue weighted by Gasteiger charge is -2.09. The van der Waals surface area contributed by atoms with Gasteiger partial charge < -0.3 is 4.74 Å². The third-order valence-corrected chi connectivity index (χ3v) is 2.31. The van der Waals surface area contributed by atoms with Crippen LogP contribution in [0, 0.1) is 5.92 Å². The molecule has 0 aliphatic heterocycles. The molecule has 0 N–H and O–H groups in total. The first-order valence-corrected chi connectivity index (χ1v) is 4.42. The van der Waals surface area contributed by atoms with Gasteiger partial charge in [-0.3, -0.25) is 4.79 Å². The van der Waals surface area contributed by atoms with E-state index in [4.69, 9.17) is 39.5 Å². The molecule has 0 aromatic heterocycles. The summed E-state index contributed by atoms with van der Waals surface area (Å²) in [6.07, 6.45) is 0. The third-order valence-electron chi connectivity index (χ3n) is 1.15. The third kappa shape index (κ3) is 4.86. The first-order valence-electron chi connectivity index (χ1n) is 3.29. The molecule has 70 valence electrons. The van der Waals surface area contributed by atoms with Crippen LogP contribution in [0.15, 0.2) is 9.52 Å². The highest BCUT2D eigenvalue weighted by Gasteiger charge is 2.11. The number of ether oxygens (including phenoxy) is 1. The predicted octanol–water partition coefficient (Wildman–Crippen LogP) is 3.07. The van der Waals surface area contributed by atoms with Gasteiger partial charge in [0.05, 0.1) is 11.6 Å². The maximum Gasteiger partial charge on any atom is 0.302 e. The molecule has 0 amide bonds. The Bertz CT molecular complexity index is 197. The average molecular weight is 232 g/mol. The fourth-order valence-corrected chi connectivity index (χ4v) is 0.937. The van der Waals surface area contributed by atoms with Crippen LogP contribution in [0.5, 0.6) is 0 Å². The van der Waals surface area contributed by atoms with Crippen LogP contribution in [-0.4, -0.2) is 12.6 Å². The van der Waals surface area contributed by atoms with Gasteiger partial charge in [0, 0.05) is 12.8 Å². The van der Waals surface area contributed by atoms with Crippen molar-refractivity contribution in [2.75, 3.05) is 6.61 Å². The van der Waals surface area contributed by atoms with Gasteiger partial charge in [-0.05, 0) is 0 Å². The molecule has 0 heterocycles. The summed E-state index contributed by atoms with van der Waals surface area (Å²) >= 11 is 16.5. The largest absolute Gasteiger partial charge is 0.465 e. The van der Waals surface area contributed by atoms with E-state index in [1.165, 1.54) is 6.92 Å². The van der Waals surface area contributed by atoms with Gasteiger partial charge in [-0.1, -0.05) is 41.7 Å². The topological polar surface area (TPSA) is 26.3 Å². The van der Waals surface area contributed by atoms with Gasteiger partial charge in [-0.15, -0.1) is 0 Å². The van der Waals surface area contributed by atoms with Crippen LogP contribution >= 0.6 is 34.8 Å². The molecular weight excluding hydrogens is 222 g/mol. The van der Waals surface area contributed by atoms with Crippen molar-refractivity contribution in [3.8, 4) is 0 Å². The summed E-state index contributed by atoms with van der Waals surface area (Å²) in [7, 11) is 0. The van der Waals surface area contributed by atoms with Gasteiger partial charge in [0.15, 0.2) is 0 Å². The van der Waals surface area contributed by atoms with Crippen molar-refractivity contribution in [1.29, 1.82) is 0 Å². The van der Waals surface area contributed by atoms with E-state index in [9.17, 15) is 4.79 Å². The SMILES string of the molecule is CC(=O)OCC(C)C(Cl)=C(Cl)Cl. The lowest BCUT2D eigenvalue weighted by Crippen LogP contribution is -2.09. The Balaban J connectivity index is 3.97. The maximum absolute atomic E-state index is 10.4. The van der Waals surface area contributed by atoms with E-state index in [-0.39, 0.29) is 23.0 Å². The number of hydrogen-bond donors (Lipinski definition) is 0. The number of halogens is 3. The number of carbonyl (C=O) groups excluding carboxylic acids is 1. The Labute approximate surface area is 86.4 Å². The first-order chi connectivity index (χ1) is 5.45. The Morgan fingerprint density at radius 3 is 2.25 bits per heavy atom. The average Bonchev–Trinajstić information content (AvgIpc) is 1.98. The van der Waals surface area contributed by atoms with Gasteiger partial charge >= 0.3 is 5.97 Å². The smallest absolute Gasteiger partial charge is 0.302 e. The van der Waals surface area contributed by atoms with E-state index in [1.54, 1.807) is 6.92 Å². The van der Waals surface area contributed by atoms with Crippen LogP contribution in [-0.2, 0) is 9.53 Å². The van der Waals surface area contributed by atoms with Crippen molar-refractivity contribution in [3.05, 3.63) is 9.52 Å². The van der Waals surface area contributed by atoms with Crippen molar-refractivity contribution in [2.45, 2.75) is 13.8 Å². The highest BCUT2D eigenvalue weighted by atomic mass is 35.5. The monoisotopic (exact) mass is 230 g/mol. The summed E-state index contributed by atoms with van der Waals surface area (Å²) in [5.41, 5.74) is 0. The fourth-order valence-electron chi connectivity index (χ4n) is 0.502. The molecule has 5 heteroatoms. The van der Waals surface area contributed by atoms with E-state index >= 15 is 0 Å². The molecule has 0 aromatic rings. The Morgan fingerprint density at radius 1 is 1.42 bits per heavy atom.